The molecule has 0 radical (unpaired) electrons. The molecule has 2 aromatic heterocycles. The van der Waals surface area contributed by atoms with Crippen LogP contribution in [0.25, 0.3) is 22.3 Å². The van der Waals surface area contributed by atoms with E-state index in [1.807, 2.05) is 26.2 Å². The van der Waals surface area contributed by atoms with E-state index in [0.29, 0.717) is 29.1 Å². The average molecular weight is 405 g/mol. The highest BCUT2D eigenvalue weighted by Gasteiger charge is 2.45. The minimum Gasteiger partial charge on any atom is -0.458 e. The molecule has 0 fully saturated rings. The average Bonchev–Trinajstić information content (AvgIpc) is 3.07. The topological polar surface area (TPSA) is 84.7 Å². The van der Waals surface area contributed by atoms with Crippen molar-refractivity contribution in [2.75, 3.05) is 19.0 Å². The molecule has 1 N–H and O–H groups in total. The van der Waals surface area contributed by atoms with Crippen LogP contribution in [-0.2, 0) is 28.3 Å². The molecule has 7 heteroatoms. The van der Waals surface area contributed by atoms with Gasteiger partial charge in [0.05, 0.1) is 29.0 Å². The van der Waals surface area contributed by atoms with Crippen molar-refractivity contribution in [3.05, 3.63) is 56.9 Å². The minimum absolute atomic E-state index is 0.120. The fourth-order valence-corrected chi connectivity index (χ4v) is 4.74. The van der Waals surface area contributed by atoms with Crippen molar-refractivity contribution in [2.24, 2.45) is 0 Å². The molecule has 1 aromatic carbocycles. The van der Waals surface area contributed by atoms with E-state index in [9.17, 15) is 14.7 Å². The summed E-state index contributed by atoms with van der Waals surface area (Å²) in [6.07, 6.45) is 0.130. The second-order valence-electron chi connectivity index (χ2n) is 8.29. The van der Waals surface area contributed by atoms with E-state index in [1.165, 1.54) is 0 Å². The molecular formula is C23H23N3O4. The molecule has 3 aromatic rings. The van der Waals surface area contributed by atoms with Crippen LogP contribution in [0.1, 0.15) is 35.6 Å². The van der Waals surface area contributed by atoms with Crippen LogP contribution in [0.15, 0.2) is 29.1 Å². The molecule has 0 amide bonds. The molecule has 0 aliphatic carbocycles. The lowest BCUT2D eigenvalue weighted by molar-refractivity contribution is -0.172. The quantitative estimate of drug-likeness (QED) is 0.516. The molecule has 154 valence electrons. The van der Waals surface area contributed by atoms with E-state index >= 15 is 0 Å². The summed E-state index contributed by atoms with van der Waals surface area (Å²) in [5.74, 6) is -0.711. The van der Waals surface area contributed by atoms with Gasteiger partial charge in [0, 0.05) is 36.3 Å². The predicted octanol–water partition coefficient (Wildman–Crippen LogP) is 2.45. The zero-order valence-corrected chi connectivity index (χ0v) is 17.4. The zero-order valence-electron chi connectivity index (χ0n) is 17.4. The number of aliphatic hydroxyl groups is 1. The lowest BCUT2D eigenvalue weighted by Crippen LogP contribution is -2.44. The Kier molecular flexibility index (Phi) is 3.86. The van der Waals surface area contributed by atoms with E-state index in [4.69, 9.17) is 9.72 Å². The van der Waals surface area contributed by atoms with Gasteiger partial charge in [-0.3, -0.25) is 4.79 Å². The Bertz CT molecular complexity index is 1310. The summed E-state index contributed by atoms with van der Waals surface area (Å²) in [6, 6.07) is 7.86. The first-order valence-corrected chi connectivity index (χ1v) is 10.0. The number of anilines is 1. The van der Waals surface area contributed by atoms with E-state index in [2.05, 4.69) is 17.9 Å². The Morgan fingerprint density at radius 3 is 2.73 bits per heavy atom. The number of nitrogens with zero attached hydrogens (tertiary/aromatic N) is 3. The van der Waals surface area contributed by atoms with Gasteiger partial charge in [-0.1, -0.05) is 13.0 Å². The Labute approximate surface area is 173 Å². The molecular weight excluding hydrogens is 382 g/mol. The maximum Gasteiger partial charge on any atom is 0.343 e. The first-order valence-electron chi connectivity index (χ1n) is 10.0. The molecule has 4 heterocycles. The standard InChI is InChI=1S/C23H23N3O4/c1-5-23(29)16-9-18-19-13(10-26(18)21(27)15(16)11-30-22(23)28)8-14-17(24-19)7-6-12(2)20(14)25(3)4/h6-9,29H,5,10-11H2,1-4H3. The highest BCUT2D eigenvalue weighted by molar-refractivity contribution is 5.96. The van der Waals surface area contributed by atoms with Crippen molar-refractivity contribution in [2.45, 2.75) is 39.0 Å². The van der Waals surface area contributed by atoms with E-state index in [1.54, 1.807) is 17.6 Å². The third-order valence-electron chi connectivity index (χ3n) is 6.31. The van der Waals surface area contributed by atoms with E-state index in [-0.39, 0.29) is 18.6 Å². The number of pyridine rings is 2. The first kappa shape index (κ1) is 18.8. The smallest absolute Gasteiger partial charge is 0.343 e. The molecule has 0 bridgehead atoms. The van der Waals surface area contributed by atoms with Crippen LogP contribution in [0.4, 0.5) is 5.69 Å². The number of carbonyl (C=O) groups excluding carboxylic acids is 1. The highest BCUT2D eigenvalue weighted by Crippen LogP contribution is 2.40. The normalized spacial score (nSPS) is 19.3. The molecule has 2 aliphatic heterocycles. The minimum atomic E-state index is -1.81. The van der Waals surface area contributed by atoms with Crippen molar-refractivity contribution in [1.82, 2.24) is 9.55 Å². The van der Waals surface area contributed by atoms with Crippen LogP contribution in [0.2, 0.25) is 0 Å². The molecule has 0 saturated carbocycles. The van der Waals surface area contributed by atoms with Crippen molar-refractivity contribution in [3.63, 3.8) is 0 Å². The van der Waals surface area contributed by atoms with Crippen molar-refractivity contribution >= 4 is 22.6 Å². The number of benzene rings is 1. The lowest BCUT2D eigenvalue weighted by Gasteiger charge is -2.31. The molecule has 1 unspecified atom stereocenters. The highest BCUT2D eigenvalue weighted by atomic mass is 16.6. The summed E-state index contributed by atoms with van der Waals surface area (Å²) < 4.78 is 6.78. The largest absolute Gasteiger partial charge is 0.458 e. The van der Waals surface area contributed by atoms with Gasteiger partial charge in [0.15, 0.2) is 5.60 Å². The van der Waals surface area contributed by atoms with Gasteiger partial charge in [0.1, 0.15) is 6.61 Å². The van der Waals surface area contributed by atoms with Gasteiger partial charge in [-0.2, -0.15) is 0 Å². The Morgan fingerprint density at radius 1 is 1.27 bits per heavy atom. The Balaban J connectivity index is 1.79. The van der Waals surface area contributed by atoms with Crippen LogP contribution >= 0.6 is 0 Å². The van der Waals surface area contributed by atoms with E-state index in [0.717, 1.165) is 27.7 Å². The zero-order chi connectivity index (χ0) is 21.4. The number of esters is 1. The van der Waals surface area contributed by atoms with Crippen molar-refractivity contribution in [1.29, 1.82) is 0 Å². The molecule has 0 saturated heterocycles. The maximum absolute atomic E-state index is 13.2. The fraction of sp³-hybridized carbons (Fsp3) is 0.348. The second-order valence-corrected chi connectivity index (χ2v) is 8.29. The summed E-state index contributed by atoms with van der Waals surface area (Å²) in [4.78, 5) is 32.5. The van der Waals surface area contributed by atoms with Gasteiger partial charge in [-0.05, 0) is 37.1 Å². The number of rotatable bonds is 2. The summed E-state index contributed by atoms with van der Waals surface area (Å²) in [5.41, 5.74) is 4.01. The molecule has 5 rings (SSSR count). The number of ether oxygens (including phenoxy) is 1. The van der Waals surface area contributed by atoms with Crippen molar-refractivity contribution < 1.29 is 14.6 Å². The van der Waals surface area contributed by atoms with E-state index < -0.39 is 11.6 Å². The van der Waals surface area contributed by atoms with Crippen LogP contribution < -0.4 is 10.5 Å². The van der Waals surface area contributed by atoms with Gasteiger partial charge in [-0.25, -0.2) is 9.78 Å². The number of hydrogen-bond donors (Lipinski definition) is 1. The number of fused-ring (bicyclic) bond motifs is 5. The molecule has 0 spiro atoms. The lowest BCUT2D eigenvalue weighted by atomic mass is 9.86. The third-order valence-corrected chi connectivity index (χ3v) is 6.31. The predicted molar refractivity (Wildman–Crippen MR) is 114 cm³/mol. The number of aromatic nitrogens is 2. The monoisotopic (exact) mass is 405 g/mol. The number of aryl methyl sites for hydroxylation is 1. The van der Waals surface area contributed by atoms with Crippen molar-refractivity contribution in [3.8, 4) is 11.4 Å². The van der Waals surface area contributed by atoms with Crippen LogP contribution in [0, 0.1) is 6.92 Å². The summed E-state index contributed by atoms with van der Waals surface area (Å²) in [7, 11) is 4.01. The second kappa shape index (κ2) is 6.15. The van der Waals surface area contributed by atoms with Crippen LogP contribution in [0.3, 0.4) is 0 Å². The number of carbonyl (C=O) groups is 1. The van der Waals surface area contributed by atoms with Gasteiger partial charge in [0.25, 0.3) is 5.56 Å². The van der Waals surface area contributed by atoms with Crippen LogP contribution in [0.5, 0.6) is 0 Å². The fourth-order valence-electron chi connectivity index (χ4n) is 4.74. The van der Waals surface area contributed by atoms with Gasteiger partial charge >= 0.3 is 5.97 Å². The van der Waals surface area contributed by atoms with Gasteiger partial charge in [0.2, 0.25) is 0 Å². The molecule has 30 heavy (non-hydrogen) atoms. The summed E-state index contributed by atoms with van der Waals surface area (Å²) >= 11 is 0. The number of hydrogen-bond acceptors (Lipinski definition) is 6. The third kappa shape index (κ3) is 2.32. The van der Waals surface area contributed by atoms with Crippen LogP contribution in [-0.4, -0.2) is 34.7 Å². The summed E-state index contributed by atoms with van der Waals surface area (Å²) in [5, 5.41) is 12.0. The number of cyclic esters (lactones) is 1. The summed E-state index contributed by atoms with van der Waals surface area (Å²) in [6.45, 7) is 4.05. The maximum atomic E-state index is 13.2. The SMILES string of the molecule is CCC1(O)C(=O)OCc2c1cc1n(c2=O)Cc2cc3c(N(C)C)c(C)ccc3nc2-1. The first-order chi connectivity index (χ1) is 14.3. The molecule has 1 atom stereocenters. The Hall–Kier alpha value is -3.19. The molecule has 7 nitrogen and oxygen atoms in total. The van der Waals surface area contributed by atoms with Gasteiger partial charge in [-0.15, -0.1) is 0 Å². The Morgan fingerprint density at radius 2 is 2.03 bits per heavy atom. The van der Waals surface area contributed by atoms with Gasteiger partial charge < -0.3 is 19.3 Å². The molecule has 2 aliphatic rings.